The van der Waals surface area contributed by atoms with Crippen LogP contribution in [0.2, 0.25) is 0 Å². The highest BCUT2D eigenvalue weighted by Crippen LogP contribution is 2.24. The van der Waals surface area contributed by atoms with Gasteiger partial charge in [-0.05, 0) is 23.6 Å². The highest BCUT2D eigenvalue weighted by Gasteiger charge is 2.15. The molecule has 0 spiro atoms. The predicted molar refractivity (Wildman–Crippen MR) is 127 cm³/mol. The number of carbonyl (C=O) groups excluding carboxylic acids is 2. The average Bonchev–Trinajstić information content (AvgIpc) is 2.81. The van der Waals surface area contributed by atoms with Gasteiger partial charge >= 0.3 is 0 Å². The van der Waals surface area contributed by atoms with Crippen molar-refractivity contribution in [2.75, 3.05) is 22.1 Å². The number of nitrogen functional groups attached to an aromatic ring is 1. The topological polar surface area (TPSA) is 130 Å². The standard InChI is InChI=1S/C23H19N5O3S/c24-20-19(26-21(30)15-8-2-1-3-9-15)22(31)28-23(27-20)32-13-18(29)25-17-12-6-10-14-7-4-5-11-16(14)17/h1-12H,13H2,(H,25,29)(H,26,30)(H3,24,27,28,31). The lowest BCUT2D eigenvalue weighted by atomic mass is 10.1. The third-order valence-corrected chi connectivity index (χ3v) is 5.48. The average molecular weight is 446 g/mol. The molecule has 1 heterocycles. The molecule has 0 unspecified atom stereocenters. The highest BCUT2D eigenvalue weighted by molar-refractivity contribution is 7.99. The van der Waals surface area contributed by atoms with Crippen molar-refractivity contribution >= 4 is 51.5 Å². The van der Waals surface area contributed by atoms with Crippen molar-refractivity contribution in [3.8, 4) is 0 Å². The van der Waals surface area contributed by atoms with E-state index in [1.165, 1.54) is 0 Å². The first-order valence-electron chi connectivity index (χ1n) is 9.68. The van der Waals surface area contributed by atoms with Gasteiger partial charge in [-0.1, -0.05) is 66.4 Å². The number of benzene rings is 3. The molecule has 9 heteroatoms. The molecule has 32 heavy (non-hydrogen) atoms. The summed E-state index contributed by atoms with van der Waals surface area (Å²) < 4.78 is 0. The van der Waals surface area contributed by atoms with E-state index in [9.17, 15) is 14.4 Å². The Morgan fingerprint density at radius 3 is 2.44 bits per heavy atom. The maximum atomic E-state index is 12.4. The molecule has 4 aromatic rings. The van der Waals surface area contributed by atoms with Crippen molar-refractivity contribution in [1.29, 1.82) is 0 Å². The molecule has 2 amide bonds. The molecule has 0 aliphatic heterocycles. The van der Waals surface area contributed by atoms with Crippen LogP contribution in [0.25, 0.3) is 10.8 Å². The van der Waals surface area contributed by atoms with Crippen LogP contribution in [0, 0.1) is 0 Å². The maximum absolute atomic E-state index is 12.4. The van der Waals surface area contributed by atoms with Gasteiger partial charge in [0.25, 0.3) is 11.5 Å². The minimum atomic E-state index is -0.598. The highest BCUT2D eigenvalue weighted by atomic mass is 32.2. The quantitative estimate of drug-likeness (QED) is 0.266. The number of hydrogen-bond donors (Lipinski definition) is 4. The molecule has 5 N–H and O–H groups in total. The maximum Gasteiger partial charge on any atom is 0.277 e. The van der Waals surface area contributed by atoms with Crippen LogP contribution >= 0.6 is 11.8 Å². The Bertz CT molecular complexity index is 1350. The molecule has 8 nitrogen and oxygen atoms in total. The minimum absolute atomic E-state index is 0.0152. The summed E-state index contributed by atoms with van der Waals surface area (Å²) in [5.41, 5.74) is 6.23. The summed E-state index contributed by atoms with van der Waals surface area (Å²) in [7, 11) is 0. The fourth-order valence-corrected chi connectivity index (χ4v) is 3.76. The first-order chi connectivity index (χ1) is 15.5. The van der Waals surface area contributed by atoms with Gasteiger partial charge in [-0.15, -0.1) is 0 Å². The van der Waals surface area contributed by atoms with E-state index in [-0.39, 0.29) is 28.3 Å². The predicted octanol–water partition coefficient (Wildman–Crippen LogP) is 3.49. The summed E-state index contributed by atoms with van der Waals surface area (Å²) >= 11 is 1.03. The molecule has 0 saturated heterocycles. The number of nitrogens with one attached hydrogen (secondary N) is 3. The van der Waals surface area contributed by atoms with Gasteiger partial charge in [0.2, 0.25) is 5.91 Å². The van der Waals surface area contributed by atoms with Crippen molar-refractivity contribution < 1.29 is 9.59 Å². The number of rotatable bonds is 6. The molecule has 0 radical (unpaired) electrons. The van der Waals surface area contributed by atoms with Crippen LogP contribution < -0.4 is 21.9 Å². The largest absolute Gasteiger partial charge is 0.382 e. The Morgan fingerprint density at radius 1 is 0.938 bits per heavy atom. The number of thioether (sulfide) groups is 1. The van der Waals surface area contributed by atoms with Gasteiger partial charge in [0.15, 0.2) is 11.0 Å². The van der Waals surface area contributed by atoms with Crippen LogP contribution in [0.5, 0.6) is 0 Å². The number of nitrogens with zero attached hydrogens (tertiary/aromatic N) is 1. The van der Waals surface area contributed by atoms with E-state index in [0.29, 0.717) is 11.3 Å². The SMILES string of the molecule is Nc1nc(SCC(=O)Nc2cccc3ccccc23)[nH]c(=O)c1NC(=O)c1ccccc1. The Balaban J connectivity index is 1.42. The molecular formula is C23H19N5O3S. The van der Waals surface area contributed by atoms with Crippen molar-refractivity contribution in [3.63, 3.8) is 0 Å². The molecule has 0 saturated carbocycles. The summed E-state index contributed by atoms with van der Waals surface area (Å²) in [4.78, 5) is 43.8. The fraction of sp³-hybridized carbons (Fsp3) is 0.0435. The first kappa shape index (κ1) is 21.1. The van der Waals surface area contributed by atoms with Crippen molar-refractivity contribution in [3.05, 3.63) is 88.7 Å². The lowest BCUT2D eigenvalue weighted by molar-refractivity contribution is -0.113. The second-order valence-corrected chi connectivity index (χ2v) is 7.78. The fourth-order valence-electron chi connectivity index (χ4n) is 3.09. The number of fused-ring (bicyclic) bond motifs is 1. The Labute approximate surface area is 187 Å². The second kappa shape index (κ2) is 9.36. The van der Waals surface area contributed by atoms with E-state index in [2.05, 4.69) is 20.6 Å². The molecule has 1 aromatic heterocycles. The van der Waals surface area contributed by atoms with Crippen LogP contribution in [0.1, 0.15) is 10.4 Å². The monoisotopic (exact) mass is 445 g/mol. The zero-order valence-electron chi connectivity index (χ0n) is 16.8. The van der Waals surface area contributed by atoms with E-state index in [4.69, 9.17) is 5.73 Å². The summed E-state index contributed by atoms with van der Waals surface area (Å²) in [6.45, 7) is 0. The van der Waals surface area contributed by atoms with Crippen molar-refractivity contribution in [1.82, 2.24) is 9.97 Å². The van der Waals surface area contributed by atoms with Gasteiger partial charge in [-0.3, -0.25) is 19.4 Å². The Hall–Kier alpha value is -4.11. The molecule has 0 aliphatic carbocycles. The Morgan fingerprint density at radius 2 is 1.66 bits per heavy atom. The lowest BCUT2D eigenvalue weighted by Gasteiger charge is -2.10. The smallest absolute Gasteiger partial charge is 0.277 e. The van der Waals surface area contributed by atoms with Crippen molar-refractivity contribution in [2.24, 2.45) is 0 Å². The number of amides is 2. The van der Waals surface area contributed by atoms with Gasteiger partial charge < -0.3 is 16.4 Å². The number of hydrogen-bond acceptors (Lipinski definition) is 6. The molecule has 0 fully saturated rings. The van der Waals surface area contributed by atoms with E-state index in [1.807, 2.05) is 42.5 Å². The van der Waals surface area contributed by atoms with Gasteiger partial charge in [0.1, 0.15) is 5.69 Å². The summed E-state index contributed by atoms with van der Waals surface area (Å²) in [5.74, 6) is -0.843. The summed E-state index contributed by atoms with van der Waals surface area (Å²) in [6.07, 6.45) is 0. The number of anilines is 3. The third-order valence-electron chi connectivity index (χ3n) is 4.60. The summed E-state index contributed by atoms with van der Waals surface area (Å²) in [5, 5.41) is 7.48. The van der Waals surface area contributed by atoms with E-state index >= 15 is 0 Å². The molecule has 160 valence electrons. The van der Waals surface area contributed by atoms with Gasteiger partial charge in [-0.25, -0.2) is 4.98 Å². The van der Waals surface area contributed by atoms with Crippen LogP contribution in [0.4, 0.5) is 17.2 Å². The Kier molecular flexibility index (Phi) is 6.18. The molecule has 3 aromatic carbocycles. The number of carbonyl (C=O) groups is 2. The van der Waals surface area contributed by atoms with Crippen LogP contribution in [0.3, 0.4) is 0 Å². The normalized spacial score (nSPS) is 10.6. The van der Waals surface area contributed by atoms with E-state index in [0.717, 1.165) is 22.5 Å². The third kappa shape index (κ3) is 4.79. The van der Waals surface area contributed by atoms with Crippen LogP contribution in [0.15, 0.2) is 82.7 Å². The molecule has 0 atom stereocenters. The van der Waals surface area contributed by atoms with Gasteiger partial charge in [-0.2, -0.15) is 0 Å². The number of aromatic nitrogens is 2. The van der Waals surface area contributed by atoms with Crippen LogP contribution in [-0.2, 0) is 4.79 Å². The zero-order chi connectivity index (χ0) is 22.5. The van der Waals surface area contributed by atoms with Gasteiger partial charge in [0, 0.05) is 16.6 Å². The van der Waals surface area contributed by atoms with E-state index < -0.39 is 11.5 Å². The molecule has 0 bridgehead atoms. The summed E-state index contributed by atoms with van der Waals surface area (Å²) in [6, 6.07) is 21.8. The van der Waals surface area contributed by atoms with Crippen molar-refractivity contribution in [2.45, 2.75) is 5.16 Å². The number of aromatic amines is 1. The second-order valence-electron chi connectivity index (χ2n) is 6.82. The first-order valence-corrected chi connectivity index (χ1v) is 10.7. The zero-order valence-corrected chi connectivity index (χ0v) is 17.6. The van der Waals surface area contributed by atoms with Crippen LogP contribution in [-0.4, -0.2) is 27.5 Å². The number of H-pyrrole nitrogens is 1. The molecular weight excluding hydrogens is 426 g/mol. The number of nitrogens with two attached hydrogens (primary N) is 1. The van der Waals surface area contributed by atoms with Gasteiger partial charge in [0.05, 0.1) is 5.75 Å². The van der Waals surface area contributed by atoms with E-state index in [1.54, 1.807) is 30.3 Å². The molecule has 4 rings (SSSR count). The minimum Gasteiger partial charge on any atom is -0.382 e. The molecule has 0 aliphatic rings. The lowest BCUT2D eigenvalue weighted by Crippen LogP contribution is -2.23.